The molecule has 8 nitrogen and oxygen atoms in total. The summed E-state index contributed by atoms with van der Waals surface area (Å²) < 4.78 is 15.0. The minimum atomic E-state index is -0.449. The summed E-state index contributed by atoms with van der Waals surface area (Å²) >= 11 is 6.08. The molecule has 3 heterocycles. The number of aromatic amines is 1. The second-order valence-corrected chi connectivity index (χ2v) is 6.50. The lowest BCUT2D eigenvalue weighted by molar-refractivity contribution is 0.600. The summed E-state index contributed by atoms with van der Waals surface area (Å²) in [5.41, 5.74) is 2.76. The van der Waals surface area contributed by atoms with Crippen LogP contribution >= 0.6 is 11.6 Å². The summed E-state index contributed by atoms with van der Waals surface area (Å²) in [6.07, 6.45) is 2.14. The minimum Gasteiger partial charge on any atom is -0.362 e. The van der Waals surface area contributed by atoms with Crippen LogP contribution in [0.15, 0.2) is 29.2 Å². The summed E-state index contributed by atoms with van der Waals surface area (Å²) in [6.45, 7) is 1.38. The van der Waals surface area contributed by atoms with Gasteiger partial charge in [0.25, 0.3) is 5.56 Å². The lowest BCUT2D eigenvalue weighted by Crippen LogP contribution is -2.32. The Balaban J connectivity index is 1.60. The van der Waals surface area contributed by atoms with Crippen molar-refractivity contribution in [1.29, 1.82) is 5.26 Å². The van der Waals surface area contributed by atoms with Crippen molar-refractivity contribution in [2.75, 3.05) is 11.4 Å². The second kappa shape index (κ2) is 6.81. The Morgan fingerprint density at radius 1 is 1.41 bits per heavy atom. The number of halogens is 2. The van der Waals surface area contributed by atoms with Gasteiger partial charge in [-0.25, -0.2) is 14.2 Å². The van der Waals surface area contributed by atoms with Crippen molar-refractivity contribution in [3.63, 3.8) is 0 Å². The van der Waals surface area contributed by atoms with Gasteiger partial charge in [-0.3, -0.25) is 4.79 Å². The molecule has 1 N–H and O–H groups in total. The SMILES string of the molecule is N#Cc1cc(F)ccc1Cn1nnc2c1CCN(c1cn[nH]c(=O)c1Cl)C2. The van der Waals surface area contributed by atoms with E-state index < -0.39 is 11.4 Å². The molecule has 0 saturated carbocycles. The molecule has 0 saturated heterocycles. The maximum atomic E-state index is 13.3. The van der Waals surface area contributed by atoms with Crippen LogP contribution in [0.5, 0.6) is 0 Å². The fraction of sp³-hybridized carbons (Fsp3) is 0.235. The van der Waals surface area contributed by atoms with Gasteiger partial charge in [-0.1, -0.05) is 22.9 Å². The molecule has 4 rings (SSSR count). The van der Waals surface area contributed by atoms with Crippen LogP contribution in [-0.4, -0.2) is 31.7 Å². The molecule has 0 amide bonds. The van der Waals surface area contributed by atoms with Gasteiger partial charge in [0.15, 0.2) is 0 Å². The predicted molar refractivity (Wildman–Crippen MR) is 94.9 cm³/mol. The van der Waals surface area contributed by atoms with E-state index in [4.69, 9.17) is 11.6 Å². The first kappa shape index (κ1) is 17.2. The molecule has 27 heavy (non-hydrogen) atoms. The number of fused-ring (bicyclic) bond motifs is 1. The van der Waals surface area contributed by atoms with E-state index in [1.54, 1.807) is 10.7 Å². The first-order chi connectivity index (χ1) is 13.1. The Bertz CT molecular complexity index is 1120. The molecule has 1 aliphatic rings. The number of aromatic nitrogens is 5. The highest BCUT2D eigenvalue weighted by molar-refractivity contribution is 6.32. The molecule has 0 spiro atoms. The zero-order valence-corrected chi connectivity index (χ0v) is 14.7. The summed E-state index contributed by atoms with van der Waals surface area (Å²) in [7, 11) is 0. The largest absolute Gasteiger partial charge is 0.362 e. The first-order valence-electron chi connectivity index (χ1n) is 8.14. The molecule has 3 aromatic rings. The van der Waals surface area contributed by atoms with Crippen molar-refractivity contribution in [2.45, 2.75) is 19.5 Å². The van der Waals surface area contributed by atoms with Gasteiger partial charge in [0.1, 0.15) is 16.5 Å². The zero-order valence-electron chi connectivity index (χ0n) is 14.0. The highest BCUT2D eigenvalue weighted by Gasteiger charge is 2.25. The van der Waals surface area contributed by atoms with Gasteiger partial charge in [-0.15, -0.1) is 5.10 Å². The molecule has 0 unspecified atom stereocenters. The number of nitrogens with one attached hydrogen (secondary N) is 1. The normalized spacial score (nSPS) is 13.3. The van der Waals surface area contributed by atoms with Gasteiger partial charge in [-0.05, 0) is 17.7 Å². The first-order valence-corrected chi connectivity index (χ1v) is 8.52. The second-order valence-electron chi connectivity index (χ2n) is 6.12. The van der Waals surface area contributed by atoms with Crippen molar-refractivity contribution in [3.8, 4) is 6.07 Å². The van der Waals surface area contributed by atoms with E-state index in [0.29, 0.717) is 37.3 Å². The van der Waals surface area contributed by atoms with Crippen molar-refractivity contribution < 1.29 is 4.39 Å². The molecular weight excluding hydrogens is 373 g/mol. The highest BCUT2D eigenvalue weighted by Crippen LogP contribution is 2.27. The Morgan fingerprint density at radius 3 is 3.07 bits per heavy atom. The van der Waals surface area contributed by atoms with Crippen LogP contribution in [0, 0.1) is 17.1 Å². The molecule has 2 aromatic heterocycles. The maximum absolute atomic E-state index is 13.3. The summed E-state index contributed by atoms with van der Waals surface area (Å²) in [6, 6.07) is 6.12. The third-order valence-electron chi connectivity index (χ3n) is 4.51. The zero-order chi connectivity index (χ0) is 19.0. The van der Waals surface area contributed by atoms with Crippen molar-refractivity contribution in [1.82, 2.24) is 25.2 Å². The van der Waals surface area contributed by atoms with Crippen LogP contribution in [0.25, 0.3) is 0 Å². The molecular formula is C17H13ClFN7O. The number of anilines is 1. The molecule has 1 aliphatic heterocycles. The maximum Gasteiger partial charge on any atom is 0.285 e. The summed E-state index contributed by atoms with van der Waals surface area (Å²) in [5.74, 6) is -0.449. The van der Waals surface area contributed by atoms with E-state index in [9.17, 15) is 14.4 Å². The molecule has 1 aromatic carbocycles. The molecule has 136 valence electrons. The van der Waals surface area contributed by atoms with Gasteiger partial charge < -0.3 is 4.90 Å². The lowest BCUT2D eigenvalue weighted by atomic mass is 10.1. The minimum absolute atomic E-state index is 0.0887. The van der Waals surface area contributed by atoms with E-state index in [2.05, 4.69) is 20.5 Å². The Labute approximate surface area is 157 Å². The van der Waals surface area contributed by atoms with Crippen molar-refractivity contribution >= 4 is 17.3 Å². The molecule has 0 fully saturated rings. The third-order valence-corrected chi connectivity index (χ3v) is 4.87. The topological polar surface area (TPSA) is 103 Å². The highest BCUT2D eigenvalue weighted by atomic mass is 35.5. The van der Waals surface area contributed by atoms with Crippen molar-refractivity contribution in [3.05, 3.63) is 68.1 Å². The Kier molecular flexibility index (Phi) is 4.33. The Morgan fingerprint density at radius 2 is 2.26 bits per heavy atom. The van der Waals surface area contributed by atoms with Gasteiger partial charge in [0.2, 0.25) is 0 Å². The number of rotatable bonds is 3. The van der Waals surface area contributed by atoms with Crippen LogP contribution in [0.2, 0.25) is 5.02 Å². The monoisotopic (exact) mass is 385 g/mol. The van der Waals surface area contributed by atoms with E-state index >= 15 is 0 Å². The predicted octanol–water partition coefficient (Wildman–Crippen LogP) is 1.64. The molecule has 0 atom stereocenters. The van der Waals surface area contributed by atoms with E-state index in [1.807, 2.05) is 11.0 Å². The van der Waals surface area contributed by atoms with Crippen LogP contribution in [-0.2, 0) is 19.5 Å². The number of hydrogen-bond acceptors (Lipinski definition) is 6. The number of benzene rings is 1. The van der Waals surface area contributed by atoms with Crippen LogP contribution in [0.1, 0.15) is 22.5 Å². The van der Waals surface area contributed by atoms with Gasteiger partial charge >= 0.3 is 0 Å². The van der Waals surface area contributed by atoms with Crippen LogP contribution in [0.3, 0.4) is 0 Å². The van der Waals surface area contributed by atoms with E-state index in [1.165, 1.54) is 18.3 Å². The average Bonchev–Trinajstić information content (AvgIpc) is 3.07. The molecule has 0 aliphatic carbocycles. The summed E-state index contributed by atoms with van der Waals surface area (Å²) in [4.78, 5) is 13.6. The van der Waals surface area contributed by atoms with Gasteiger partial charge in [-0.2, -0.15) is 10.4 Å². The van der Waals surface area contributed by atoms with Gasteiger partial charge in [0.05, 0.1) is 42.3 Å². The number of nitrogens with zero attached hydrogens (tertiary/aromatic N) is 6. The fourth-order valence-electron chi connectivity index (χ4n) is 3.14. The number of hydrogen-bond donors (Lipinski definition) is 1. The number of nitriles is 1. The quantitative estimate of drug-likeness (QED) is 0.735. The van der Waals surface area contributed by atoms with E-state index in [-0.39, 0.29) is 10.6 Å². The van der Waals surface area contributed by atoms with E-state index in [0.717, 1.165) is 11.4 Å². The molecule has 0 bridgehead atoms. The summed E-state index contributed by atoms with van der Waals surface area (Å²) in [5, 5.41) is 23.8. The van der Waals surface area contributed by atoms with Crippen molar-refractivity contribution in [2.24, 2.45) is 0 Å². The van der Waals surface area contributed by atoms with Gasteiger partial charge in [0, 0.05) is 13.0 Å². The fourth-order valence-corrected chi connectivity index (χ4v) is 3.36. The lowest BCUT2D eigenvalue weighted by Gasteiger charge is -2.28. The Hall–Kier alpha value is -3.25. The average molecular weight is 386 g/mol. The third kappa shape index (κ3) is 3.15. The standard InChI is InChI=1S/C17H13ClFN7O/c18-16-15(7-21-23-17(16)27)25-4-3-14-13(9-25)22-24-26(14)8-10-1-2-12(19)5-11(10)6-20/h1-2,5,7H,3-4,8-9H2,(H,23,27). The molecule has 0 radical (unpaired) electrons. The van der Waals surface area contributed by atoms with Crippen LogP contribution < -0.4 is 10.5 Å². The smallest absolute Gasteiger partial charge is 0.285 e. The van der Waals surface area contributed by atoms with Crippen LogP contribution in [0.4, 0.5) is 10.1 Å². The number of H-pyrrole nitrogens is 1. The molecule has 10 heteroatoms.